The molecule has 4 saturated carbocycles. The average Bonchev–Trinajstić information content (AvgIpc) is 3.25. The molecular weight excluding hydrogens is 352 g/mol. The summed E-state index contributed by atoms with van der Waals surface area (Å²) in [4.78, 5) is 0. The van der Waals surface area contributed by atoms with Gasteiger partial charge in [0.05, 0.1) is 0 Å². The van der Waals surface area contributed by atoms with Crippen LogP contribution in [-0.4, -0.2) is 0 Å². The summed E-state index contributed by atoms with van der Waals surface area (Å²) in [7, 11) is 0. The second kappa shape index (κ2) is 4.95. The number of rotatable bonds is 0. The molecule has 0 aliphatic heterocycles. The van der Waals surface area contributed by atoms with Gasteiger partial charge in [0.25, 0.3) is 0 Å². The zero-order valence-electron chi connectivity index (χ0n) is 16.5. The maximum atomic E-state index is 6.29. The van der Waals surface area contributed by atoms with E-state index in [1.165, 1.54) is 54.0 Å². The lowest BCUT2D eigenvalue weighted by atomic mass is 9.43. The highest BCUT2D eigenvalue weighted by molar-refractivity contribution is 6.15. The third kappa shape index (κ3) is 1.64. The fourth-order valence-electron chi connectivity index (χ4n) is 8.46. The van der Waals surface area contributed by atoms with Crippen molar-refractivity contribution in [2.24, 2.45) is 23.7 Å². The molecule has 0 N–H and O–H groups in total. The van der Waals surface area contributed by atoms with Crippen LogP contribution < -0.4 is 0 Å². The van der Waals surface area contributed by atoms with E-state index >= 15 is 0 Å². The lowest BCUT2D eigenvalue weighted by Gasteiger charge is -2.61. The number of hydrogen-bond acceptors (Lipinski definition) is 1. The molecule has 0 amide bonds. The van der Waals surface area contributed by atoms with Crippen LogP contribution >= 0.6 is 0 Å². The molecule has 1 nitrogen and oxygen atoms in total. The topological polar surface area (TPSA) is 13.1 Å². The fraction of sp³-hybridized carbons (Fsp3) is 0.357. The molecule has 3 aromatic carbocycles. The first-order chi connectivity index (χ1) is 14.3. The quantitative estimate of drug-likeness (QED) is 0.314. The first-order valence-corrected chi connectivity index (χ1v) is 11.4. The summed E-state index contributed by atoms with van der Waals surface area (Å²) in [5.74, 6) is 3.60. The predicted octanol–water partition coefficient (Wildman–Crippen LogP) is 7.31. The summed E-state index contributed by atoms with van der Waals surface area (Å²) in [5, 5.41) is 2.62. The lowest BCUT2D eigenvalue weighted by molar-refractivity contribution is -0.0399. The molecular formula is C28H24O. The highest BCUT2D eigenvalue weighted by atomic mass is 16.3. The van der Waals surface area contributed by atoms with Crippen LogP contribution in [0.4, 0.5) is 0 Å². The second-order valence-corrected chi connectivity index (χ2v) is 10.2. The Morgan fingerprint density at radius 3 is 2.21 bits per heavy atom. The Morgan fingerprint density at radius 2 is 1.38 bits per heavy atom. The SMILES string of the molecule is c1ccc2c(c1)-c1c(ccc3oc4ccccc4c13)C21C2CC3CC(C2)CC1C3. The smallest absolute Gasteiger partial charge is 0.136 e. The summed E-state index contributed by atoms with van der Waals surface area (Å²) in [6.07, 6.45) is 7.24. The van der Waals surface area contributed by atoms with Gasteiger partial charge in [0.2, 0.25) is 0 Å². The van der Waals surface area contributed by atoms with E-state index < -0.39 is 0 Å². The third-order valence-corrected chi connectivity index (χ3v) is 9.06. The van der Waals surface area contributed by atoms with Crippen LogP contribution in [0.25, 0.3) is 33.1 Å². The van der Waals surface area contributed by atoms with E-state index in [1.54, 1.807) is 11.1 Å². The molecule has 0 atom stereocenters. The maximum Gasteiger partial charge on any atom is 0.136 e. The van der Waals surface area contributed by atoms with Crippen LogP contribution in [0.15, 0.2) is 65.1 Å². The van der Waals surface area contributed by atoms with Gasteiger partial charge in [-0.05, 0) is 90.2 Å². The minimum Gasteiger partial charge on any atom is -0.456 e. The lowest BCUT2D eigenvalue weighted by Crippen LogP contribution is -2.55. The Hall–Kier alpha value is -2.54. The van der Waals surface area contributed by atoms with E-state index in [1.807, 2.05) is 0 Å². The summed E-state index contributed by atoms with van der Waals surface area (Å²) < 4.78 is 6.29. The number of hydrogen-bond donors (Lipinski definition) is 0. The van der Waals surface area contributed by atoms with Crippen molar-refractivity contribution in [2.75, 3.05) is 0 Å². The molecule has 4 aromatic rings. The molecule has 1 aromatic heterocycles. The Morgan fingerprint density at radius 1 is 0.655 bits per heavy atom. The van der Waals surface area contributed by atoms with Crippen LogP contribution in [-0.2, 0) is 5.41 Å². The van der Waals surface area contributed by atoms with Crippen LogP contribution in [0, 0.1) is 23.7 Å². The Kier molecular flexibility index (Phi) is 2.62. The fourth-order valence-corrected chi connectivity index (χ4v) is 8.46. The highest BCUT2D eigenvalue weighted by Gasteiger charge is 2.61. The van der Waals surface area contributed by atoms with Gasteiger partial charge in [0.15, 0.2) is 0 Å². The van der Waals surface area contributed by atoms with Crippen LogP contribution in [0.1, 0.15) is 43.2 Å². The van der Waals surface area contributed by atoms with Gasteiger partial charge in [-0.15, -0.1) is 0 Å². The molecule has 0 unspecified atom stereocenters. The van der Waals surface area contributed by atoms with E-state index in [-0.39, 0.29) is 5.41 Å². The third-order valence-electron chi connectivity index (χ3n) is 9.06. The zero-order chi connectivity index (χ0) is 18.7. The number of para-hydroxylation sites is 1. The van der Waals surface area contributed by atoms with Crippen LogP contribution in [0.2, 0.25) is 0 Å². The van der Waals surface area contributed by atoms with Crippen molar-refractivity contribution in [3.63, 3.8) is 0 Å². The molecule has 1 spiro atoms. The normalized spacial score (nSPS) is 33.7. The monoisotopic (exact) mass is 376 g/mol. The van der Waals surface area contributed by atoms with E-state index in [4.69, 9.17) is 4.42 Å². The van der Waals surface area contributed by atoms with Crippen molar-refractivity contribution in [1.82, 2.24) is 0 Å². The number of fused-ring (bicyclic) bond motifs is 7. The molecule has 4 fully saturated rings. The van der Waals surface area contributed by atoms with E-state index in [2.05, 4.69) is 60.7 Å². The van der Waals surface area contributed by atoms with Crippen molar-refractivity contribution in [1.29, 1.82) is 0 Å². The molecule has 1 heterocycles. The van der Waals surface area contributed by atoms with Crippen molar-refractivity contribution >= 4 is 21.9 Å². The van der Waals surface area contributed by atoms with Crippen molar-refractivity contribution in [3.05, 3.63) is 71.8 Å². The number of benzene rings is 3. The van der Waals surface area contributed by atoms with Gasteiger partial charge in [-0.2, -0.15) is 0 Å². The molecule has 0 saturated heterocycles. The zero-order valence-corrected chi connectivity index (χ0v) is 16.5. The minimum atomic E-state index is 0.242. The van der Waals surface area contributed by atoms with Crippen molar-refractivity contribution < 1.29 is 4.42 Å². The van der Waals surface area contributed by atoms with Gasteiger partial charge in [0.1, 0.15) is 11.2 Å². The molecule has 5 aliphatic rings. The Labute approximate surface area is 170 Å². The second-order valence-electron chi connectivity index (χ2n) is 10.2. The molecule has 1 heteroatoms. The largest absolute Gasteiger partial charge is 0.456 e. The maximum absolute atomic E-state index is 6.29. The summed E-state index contributed by atoms with van der Waals surface area (Å²) in [6.45, 7) is 0. The first-order valence-electron chi connectivity index (χ1n) is 11.4. The van der Waals surface area contributed by atoms with Crippen LogP contribution in [0.5, 0.6) is 0 Å². The van der Waals surface area contributed by atoms with Crippen LogP contribution in [0.3, 0.4) is 0 Å². The van der Waals surface area contributed by atoms with Gasteiger partial charge in [-0.1, -0.05) is 48.5 Å². The first kappa shape index (κ1) is 15.3. The summed E-state index contributed by atoms with van der Waals surface area (Å²) in [6, 6.07) is 22.7. The standard InChI is InChI=1S/C28H24O/c1-3-7-22-20(5-1)26-23(9-10-25-27(26)21-6-2-4-8-24(21)29-25)28(22)18-12-16-11-17(14-18)15-19(28)13-16/h1-10,16-19H,11-15H2. The molecule has 142 valence electrons. The van der Waals surface area contributed by atoms with Gasteiger partial charge in [-0.3, -0.25) is 0 Å². The summed E-state index contributed by atoms with van der Waals surface area (Å²) in [5.41, 5.74) is 8.50. The minimum absolute atomic E-state index is 0.242. The predicted molar refractivity (Wildman–Crippen MR) is 117 cm³/mol. The van der Waals surface area contributed by atoms with Gasteiger partial charge in [-0.25, -0.2) is 0 Å². The Bertz CT molecular complexity index is 1290. The molecule has 5 aliphatic carbocycles. The number of furan rings is 1. The van der Waals surface area contributed by atoms with Crippen molar-refractivity contribution in [3.8, 4) is 11.1 Å². The van der Waals surface area contributed by atoms with E-state index in [0.29, 0.717) is 0 Å². The van der Waals surface area contributed by atoms with Gasteiger partial charge >= 0.3 is 0 Å². The molecule has 29 heavy (non-hydrogen) atoms. The van der Waals surface area contributed by atoms with E-state index in [9.17, 15) is 0 Å². The molecule has 4 bridgehead atoms. The molecule has 0 radical (unpaired) electrons. The Balaban J connectivity index is 1.54. The van der Waals surface area contributed by atoms with Gasteiger partial charge < -0.3 is 4.42 Å². The van der Waals surface area contributed by atoms with Gasteiger partial charge in [0, 0.05) is 16.2 Å². The summed E-state index contributed by atoms with van der Waals surface area (Å²) >= 11 is 0. The van der Waals surface area contributed by atoms with E-state index in [0.717, 1.165) is 34.8 Å². The molecule has 9 rings (SSSR count). The van der Waals surface area contributed by atoms with Crippen molar-refractivity contribution in [2.45, 2.75) is 37.5 Å². The average molecular weight is 376 g/mol. The highest BCUT2D eigenvalue weighted by Crippen LogP contribution is 2.70.